The molecular formula is C18H14F2N2O3. The summed E-state index contributed by atoms with van der Waals surface area (Å²) in [6, 6.07) is 10.2. The molecule has 25 heavy (non-hydrogen) atoms. The van der Waals surface area contributed by atoms with Crippen LogP contribution in [-0.4, -0.2) is 23.6 Å². The topological polar surface area (TPSA) is 60.3 Å². The molecule has 2 aromatic carbocycles. The lowest BCUT2D eigenvalue weighted by Crippen LogP contribution is -2.18. The molecule has 7 heteroatoms. The lowest BCUT2D eigenvalue weighted by atomic mass is 10.2. The van der Waals surface area contributed by atoms with Crippen molar-refractivity contribution < 1.29 is 23.1 Å². The number of hydrogen-bond donors (Lipinski definition) is 1. The van der Waals surface area contributed by atoms with Crippen LogP contribution in [0.5, 0.6) is 0 Å². The second-order valence-electron chi connectivity index (χ2n) is 5.36. The molecule has 0 aliphatic carbocycles. The van der Waals surface area contributed by atoms with Crippen LogP contribution in [0.1, 0.15) is 10.4 Å². The molecule has 1 aromatic heterocycles. The van der Waals surface area contributed by atoms with Gasteiger partial charge in [-0.3, -0.25) is 4.79 Å². The molecule has 3 rings (SSSR count). The van der Waals surface area contributed by atoms with E-state index < -0.39 is 23.5 Å². The van der Waals surface area contributed by atoms with E-state index in [0.29, 0.717) is 16.5 Å². The van der Waals surface area contributed by atoms with Gasteiger partial charge in [-0.1, -0.05) is 18.2 Å². The highest BCUT2D eigenvalue weighted by Gasteiger charge is 2.16. The SMILES string of the molecule is COC(=O)c1cn(CC(=O)Nc2ccc(F)c(F)c2)c2ccccc12. The lowest BCUT2D eigenvalue weighted by Gasteiger charge is -2.07. The number of hydrogen-bond acceptors (Lipinski definition) is 3. The summed E-state index contributed by atoms with van der Waals surface area (Å²) in [5.41, 5.74) is 1.18. The first-order valence-corrected chi connectivity index (χ1v) is 7.40. The van der Waals surface area contributed by atoms with Crippen LogP contribution >= 0.6 is 0 Å². The fraction of sp³-hybridized carbons (Fsp3) is 0.111. The van der Waals surface area contributed by atoms with Crippen LogP contribution in [0.15, 0.2) is 48.7 Å². The van der Waals surface area contributed by atoms with Crippen molar-refractivity contribution in [2.75, 3.05) is 12.4 Å². The minimum absolute atomic E-state index is 0.101. The maximum Gasteiger partial charge on any atom is 0.340 e. The maximum atomic E-state index is 13.2. The Hall–Kier alpha value is -3.22. The molecule has 0 atom stereocenters. The van der Waals surface area contributed by atoms with Crippen LogP contribution in [0.2, 0.25) is 0 Å². The average molecular weight is 344 g/mol. The highest BCUT2D eigenvalue weighted by Crippen LogP contribution is 2.22. The van der Waals surface area contributed by atoms with E-state index in [2.05, 4.69) is 5.32 Å². The van der Waals surface area contributed by atoms with Gasteiger partial charge in [0.15, 0.2) is 11.6 Å². The Balaban J connectivity index is 1.86. The van der Waals surface area contributed by atoms with E-state index in [-0.39, 0.29) is 12.2 Å². The number of rotatable bonds is 4. The molecule has 1 N–H and O–H groups in total. The summed E-state index contributed by atoms with van der Waals surface area (Å²) < 4.78 is 32.5. The number of benzene rings is 2. The maximum absolute atomic E-state index is 13.2. The van der Waals surface area contributed by atoms with Crippen molar-refractivity contribution >= 4 is 28.5 Å². The van der Waals surface area contributed by atoms with Crippen LogP contribution in [0.4, 0.5) is 14.5 Å². The largest absolute Gasteiger partial charge is 0.465 e. The third-order valence-corrected chi connectivity index (χ3v) is 3.71. The first kappa shape index (κ1) is 16.6. The van der Waals surface area contributed by atoms with Gasteiger partial charge >= 0.3 is 5.97 Å². The normalized spacial score (nSPS) is 10.7. The van der Waals surface area contributed by atoms with Crippen LogP contribution in [0, 0.1) is 11.6 Å². The van der Waals surface area contributed by atoms with E-state index in [1.165, 1.54) is 19.4 Å². The Morgan fingerprint density at radius 1 is 1.12 bits per heavy atom. The molecule has 0 bridgehead atoms. The van der Waals surface area contributed by atoms with Gasteiger partial charge in [-0.25, -0.2) is 13.6 Å². The van der Waals surface area contributed by atoms with Crippen molar-refractivity contribution in [2.24, 2.45) is 0 Å². The summed E-state index contributed by atoms with van der Waals surface area (Å²) >= 11 is 0. The number of nitrogens with zero attached hydrogens (tertiary/aromatic N) is 1. The minimum atomic E-state index is -1.04. The zero-order valence-corrected chi connectivity index (χ0v) is 13.3. The molecule has 0 fully saturated rings. The summed E-state index contributed by atoms with van der Waals surface area (Å²) in [4.78, 5) is 24.1. The molecule has 1 amide bonds. The van der Waals surface area contributed by atoms with E-state index in [1.54, 1.807) is 28.8 Å². The Bertz CT molecular complexity index is 966. The Morgan fingerprint density at radius 2 is 1.88 bits per heavy atom. The van der Waals surface area contributed by atoms with Gasteiger partial charge in [0.25, 0.3) is 0 Å². The number of carbonyl (C=O) groups is 2. The zero-order valence-electron chi connectivity index (χ0n) is 13.3. The fourth-order valence-corrected chi connectivity index (χ4v) is 2.58. The summed E-state index contributed by atoms with van der Waals surface area (Å²) in [5.74, 6) is -2.98. The number of methoxy groups -OCH3 is 1. The van der Waals surface area contributed by atoms with Crippen molar-refractivity contribution in [3.8, 4) is 0 Å². The third-order valence-electron chi connectivity index (χ3n) is 3.71. The van der Waals surface area contributed by atoms with Gasteiger partial charge in [0, 0.05) is 28.9 Å². The Morgan fingerprint density at radius 3 is 2.60 bits per heavy atom. The first-order chi connectivity index (χ1) is 12.0. The zero-order chi connectivity index (χ0) is 18.0. The standard InChI is InChI=1S/C18H14F2N2O3/c1-25-18(24)13-9-22(16-5-3-2-4-12(13)16)10-17(23)21-11-6-7-14(19)15(20)8-11/h2-9H,10H2,1H3,(H,21,23). The first-order valence-electron chi connectivity index (χ1n) is 7.40. The Kier molecular flexibility index (Phi) is 4.47. The van der Waals surface area contributed by atoms with E-state index in [4.69, 9.17) is 4.74 Å². The van der Waals surface area contributed by atoms with Gasteiger partial charge in [-0.15, -0.1) is 0 Å². The second kappa shape index (κ2) is 6.72. The number of amides is 1. The lowest BCUT2D eigenvalue weighted by molar-refractivity contribution is -0.116. The molecule has 0 unspecified atom stereocenters. The van der Waals surface area contributed by atoms with Gasteiger partial charge in [-0.05, 0) is 18.2 Å². The quantitative estimate of drug-likeness (QED) is 0.739. The molecule has 3 aromatic rings. The molecule has 0 radical (unpaired) electrons. The predicted molar refractivity (Wildman–Crippen MR) is 88.3 cm³/mol. The van der Waals surface area contributed by atoms with E-state index >= 15 is 0 Å². The minimum Gasteiger partial charge on any atom is -0.465 e. The molecule has 128 valence electrons. The highest BCUT2D eigenvalue weighted by atomic mass is 19.2. The number of para-hydroxylation sites is 1. The van der Waals surface area contributed by atoms with Crippen LogP contribution in [0.25, 0.3) is 10.9 Å². The van der Waals surface area contributed by atoms with Crippen molar-refractivity contribution in [1.82, 2.24) is 4.57 Å². The van der Waals surface area contributed by atoms with Gasteiger partial charge in [0.2, 0.25) is 5.91 Å². The van der Waals surface area contributed by atoms with Crippen molar-refractivity contribution in [3.05, 3.63) is 65.9 Å². The van der Waals surface area contributed by atoms with E-state index in [0.717, 1.165) is 12.1 Å². The number of aromatic nitrogens is 1. The molecular weight excluding hydrogens is 330 g/mol. The smallest absolute Gasteiger partial charge is 0.340 e. The summed E-state index contributed by atoms with van der Waals surface area (Å²) in [6.07, 6.45) is 1.53. The molecule has 0 saturated carbocycles. The molecule has 0 aliphatic rings. The number of ether oxygens (including phenoxy) is 1. The summed E-state index contributed by atoms with van der Waals surface area (Å²) in [5, 5.41) is 3.16. The average Bonchev–Trinajstić information content (AvgIpc) is 2.96. The monoisotopic (exact) mass is 344 g/mol. The number of carbonyl (C=O) groups excluding carboxylic acids is 2. The number of nitrogens with one attached hydrogen (secondary N) is 1. The van der Waals surface area contributed by atoms with Crippen LogP contribution in [0.3, 0.4) is 0 Å². The highest BCUT2D eigenvalue weighted by molar-refractivity contribution is 6.04. The van der Waals surface area contributed by atoms with Gasteiger partial charge in [0.05, 0.1) is 12.7 Å². The molecule has 5 nitrogen and oxygen atoms in total. The third kappa shape index (κ3) is 3.35. The van der Waals surface area contributed by atoms with Crippen molar-refractivity contribution in [3.63, 3.8) is 0 Å². The predicted octanol–water partition coefficient (Wildman–Crippen LogP) is 3.34. The molecule has 0 aliphatic heterocycles. The van der Waals surface area contributed by atoms with Gasteiger partial charge in [0.1, 0.15) is 6.54 Å². The van der Waals surface area contributed by atoms with E-state index in [9.17, 15) is 18.4 Å². The number of anilines is 1. The summed E-state index contributed by atoms with van der Waals surface area (Å²) in [7, 11) is 1.28. The molecule has 1 heterocycles. The second-order valence-corrected chi connectivity index (χ2v) is 5.36. The van der Waals surface area contributed by atoms with Gasteiger partial charge in [-0.2, -0.15) is 0 Å². The summed E-state index contributed by atoms with van der Waals surface area (Å²) in [6.45, 7) is -0.101. The van der Waals surface area contributed by atoms with Crippen molar-refractivity contribution in [1.29, 1.82) is 0 Å². The number of esters is 1. The number of halogens is 2. The van der Waals surface area contributed by atoms with Gasteiger partial charge < -0.3 is 14.6 Å². The molecule has 0 spiro atoms. The van der Waals surface area contributed by atoms with Crippen LogP contribution in [-0.2, 0) is 16.1 Å². The molecule has 0 saturated heterocycles. The van der Waals surface area contributed by atoms with Crippen molar-refractivity contribution in [2.45, 2.75) is 6.54 Å². The Labute approximate surface area is 141 Å². The fourth-order valence-electron chi connectivity index (χ4n) is 2.58. The van der Waals surface area contributed by atoms with Crippen LogP contribution < -0.4 is 5.32 Å². The number of fused-ring (bicyclic) bond motifs is 1. The van der Waals surface area contributed by atoms with E-state index in [1.807, 2.05) is 0 Å².